The minimum atomic E-state index is -0.129. The van der Waals surface area contributed by atoms with Gasteiger partial charge in [0.25, 0.3) is 5.91 Å². The fourth-order valence-electron chi connectivity index (χ4n) is 2.76. The average Bonchev–Trinajstić information content (AvgIpc) is 2.93. The lowest BCUT2D eigenvalue weighted by Crippen LogP contribution is -2.28. The summed E-state index contributed by atoms with van der Waals surface area (Å²) in [5, 5.41) is 0. The predicted octanol–water partition coefficient (Wildman–Crippen LogP) is 3.74. The molecule has 0 saturated heterocycles. The van der Waals surface area contributed by atoms with Crippen molar-refractivity contribution < 1.29 is 14.3 Å². The van der Waals surface area contributed by atoms with Crippen LogP contribution in [0.25, 0.3) is 6.08 Å². The van der Waals surface area contributed by atoms with E-state index in [1.807, 2.05) is 62.4 Å². The molecule has 0 bridgehead atoms. The van der Waals surface area contributed by atoms with Crippen LogP contribution in [-0.4, -0.2) is 36.9 Å². The fraction of sp³-hybridized carbons (Fsp3) is 0.238. The summed E-state index contributed by atoms with van der Waals surface area (Å²) in [5.74, 6) is 1.88. The van der Waals surface area contributed by atoms with Gasteiger partial charge in [0, 0.05) is 12.6 Å². The van der Waals surface area contributed by atoms with Crippen molar-refractivity contribution in [1.82, 2.24) is 4.90 Å². The number of nitrogens with zero attached hydrogens (tertiary/aromatic N) is 2. The molecule has 1 heterocycles. The number of hydrogen-bond acceptors (Lipinski definition) is 4. The molecule has 2 aromatic rings. The Morgan fingerprint density at radius 3 is 2.38 bits per heavy atom. The van der Waals surface area contributed by atoms with Gasteiger partial charge in [0.1, 0.15) is 11.5 Å². The van der Waals surface area contributed by atoms with Gasteiger partial charge in [0.05, 0.1) is 13.2 Å². The van der Waals surface area contributed by atoms with E-state index in [0.717, 1.165) is 11.1 Å². The van der Waals surface area contributed by atoms with Crippen LogP contribution in [0, 0.1) is 0 Å². The van der Waals surface area contributed by atoms with E-state index in [2.05, 4.69) is 4.99 Å². The number of amidine groups is 1. The number of ether oxygens (including phenoxy) is 2. The first-order valence-electron chi connectivity index (χ1n) is 8.67. The van der Waals surface area contributed by atoms with Crippen molar-refractivity contribution in [2.24, 2.45) is 4.99 Å². The number of likely N-dealkylation sites (N-methyl/N-ethyl adjacent to an activating group) is 1. The molecular weight excluding hydrogens is 328 g/mol. The topological polar surface area (TPSA) is 51.1 Å². The molecule has 0 spiro atoms. The third kappa shape index (κ3) is 3.61. The maximum atomic E-state index is 12.6. The van der Waals surface area contributed by atoms with Crippen LogP contribution in [-0.2, 0) is 4.79 Å². The van der Waals surface area contributed by atoms with Crippen molar-refractivity contribution in [3.05, 3.63) is 65.4 Å². The molecule has 0 atom stereocenters. The fourth-order valence-corrected chi connectivity index (χ4v) is 2.76. The molecule has 26 heavy (non-hydrogen) atoms. The molecule has 1 amide bonds. The molecule has 134 valence electrons. The van der Waals surface area contributed by atoms with E-state index in [9.17, 15) is 4.79 Å². The summed E-state index contributed by atoms with van der Waals surface area (Å²) in [5.41, 5.74) is 2.15. The van der Waals surface area contributed by atoms with Crippen LogP contribution in [0.1, 0.15) is 25.0 Å². The molecule has 5 heteroatoms. The lowest BCUT2D eigenvalue weighted by molar-refractivity contribution is -0.121. The molecule has 0 N–H and O–H groups in total. The maximum Gasteiger partial charge on any atom is 0.277 e. The van der Waals surface area contributed by atoms with Crippen LogP contribution >= 0.6 is 0 Å². The van der Waals surface area contributed by atoms with Crippen molar-refractivity contribution in [3.8, 4) is 11.5 Å². The Hall–Kier alpha value is -3.08. The second-order valence-electron chi connectivity index (χ2n) is 5.77. The Kier molecular flexibility index (Phi) is 5.37. The first kappa shape index (κ1) is 17.7. The molecule has 3 rings (SSSR count). The maximum absolute atomic E-state index is 12.6. The van der Waals surface area contributed by atoms with Crippen LogP contribution in [0.15, 0.2) is 59.2 Å². The Morgan fingerprint density at radius 2 is 1.69 bits per heavy atom. The summed E-state index contributed by atoms with van der Waals surface area (Å²) in [7, 11) is 1.73. The van der Waals surface area contributed by atoms with Gasteiger partial charge >= 0.3 is 0 Å². The largest absolute Gasteiger partial charge is 0.490 e. The van der Waals surface area contributed by atoms with Crippen LogP contribution in [0.3, 0.4) is 0 Å². The van der Waals surface area contributed by atoms with Gasteiger partial charge in [-0.25, -0.2) is 4.99 Å². The van der Waals surface area contributed by atoms with Gasteiger partial charge in [-0.15, -0.1) is 0 Å². The van der Waals surface area contributed by atoms with E-state index in [0.29, 0.717) is 36.2 Å². The highest BCUT2D eigenvalue weighted by molar-refractivity contribution is 6.19. The molecule has 5 nitrogen and oxygen atoms in total. The first-order chi connectivity index (χ1) is 12.6. The molecule has 1 aliphatic rings. The number of amides is 1. The van der Waals surface area contributed by atoms with Gasteiger partial charge in [0.15, 0.2) is 11.5 Å². The van der Waals surface area contributed by atoms with E-state index in [1.165, 1.54) is 0 Å². The Bertz CT molecular complexity index is 857. The summed E-state index contributed by atoms with van der Waals surface area (Å²) in [6.07, 6.45) is 1.77. The van der Waals surface area contributed by atoms with E-state index in [-0.39, 0.29) is 5.91 Å². The van der Waals surface area contributed by atoms with Gasteiger partial charge in [0.2, 0.25) is 0 Å². The van der Waals surface area contributed by atoms with Crippen LogP contribution in [0.2, 0.25) is 0 Å². The standard InChI is InChI=1S/C21H22N2O3/c1-4-25-18-12-11-15(14-19(18)26-5-2)13-17-21(24)23(3)20(22-17)16-9-7-6-8-10-16/h6-14H,4-5H2,1-3H3/b17-13+. The van der Waals surface area contributed by atoms with Gasteiger partial charge in [-0.05, 0) is 37.6 Å². The normalized spacial score (nSPS) is 15.3. The SMILES string of the molecule is CCOc1ccc(/C=C2/N=C(c3ccccc3)N(C)C2=O)cc1OCC. The molecule has 0 aromatic heterocycles. The van der Waals surface area contributed by atoms with Crippen LogP contribution < -0.4 is 9.47 Å². The van der Waals surface area contributed by atoms with Gasteiger partial charge in [-0.2, -0.15) is 0 Å². The zero-order valence-corrected chi connectivity index (χ0v) is 15.2. The lowest BCUT2D eigenvalue weighted by Gasteiger charge is -2.12. The van der Waals surface area contributed by atoms with E-state index in [1.54, 1.807) is 18.0 Å². The lowest BCUT2D eigenvalue weighted by atomic mass is 10.1. The van der Waals surface area contributed by atoms with Crippen molar-refractivity contribution in [1.29, 1.82) is 0 Å². The quantitative estimate of drug-likeness (QED) is 0.746. The minimum absolute atomic E-state index is 0.129. The van der Waals surface area contributed by atoms with Crippen molar-refractivity contribution in [2.45, 2.75) is 13.8 Å². The first-order valence-corrected chi connectivity index (χ1v) is 8.67. The Balaban J connectivity index is 1.95. The van der Waals surface area contributed by atoms with E-state index in [4.69, 9.17) is 9.47 Å². The van der Waals surface area contributed by atoms with E-state index >= 15 is 0 Å². The number of carbonyl (C=O) groups excluding carboxylic acids is 1. The molecule has 1 aliphatic heterocycles. The molecule has 0 fully saturated rings. The molecule has 0 radical (unpaired) electrons. The third-order valence-corrected chi connectivity index (χ3v) is 3.97. The summed E-state index contributed by atoms with van der Waals surface area (Å²) < 4.78 is 11.2. The second-order valence-corrected chi connectivity index (χ2v) is 5.77. The van der Waals surface area contributed by atoms with Gasteiger partial charge in [-0.1, -0.05) is 36.4 Å². The highest BCUT2D eigenvalue weighted by atomic mass is 16.5. The summed E-state index contributed by atoms with van der Waals surface area (Å²) in [6, 6.07) is 15.3. The van der Waals surface area contributed by atoms with Crippen LogP contribution in [0.4, 0.5) is 0 Å². The third-order valence-electron chi connectivity index (χ3n) is 3.97. The number of aliphatic imine (C=N–C) groups is 1. The Morgan fingerprint density at radius 1 is 1.00 bits per heavy atom. The molecule has 0 aliphatic carbocycles. The van der Waals surface area contributed by atoms with Crippen molar-refractivity contribution in [3.63, 3.8) is 0 Å². The van der Waals surface area contributed by atoms with Crippen molar-refractivity contribution in [2.75, 3.05) is 20.3 Å². The number of rotatable bonds is 6. The zero-order valence-electron chi connectivity index (χ0n) is 15.2. The summed E-state index contributed by atoms with van der Waals surface area (Å²) in [4.78, 5) is 18.7. The Labute approximate surface area is 153 Å². The van der Waals surface area contributed by atoms with Gasteiger partial charge < -0.3 is 9.47 Å². The smallest absolute Gasteiger partial charge is 0.277 e. The zero-order chi connectivity index (χ0) is 18.5. The minimum Gasteiger partial charge on any atom is -0.490 e. The number of carbonyl (C=O) groups is 1. The predicted molar refractivity (Wildman–Crippen MR) is 103 cm³/mol. The van der Waals surface area contributed by atoms with Crippen LogP contribution in [0.5, 0.6) is 11.5 Å². The van der Waals surface area contributed by atoms with Gasteiger partial charge in [-0.3, -0.25) is 9.69 Å². The van der Waals surface area contributed by atoms with E-state index < -0.39 is 0 Å². The number of hydrogen-bond donors (Lipinski definition) is 0. The molecule has 0 unspecified atom stereocenters. The molecule has 0 saturated carbocycles. The highest BCUT2D eigenvalue weighted by Crippen LogP contribution is 2.30. The molecule has 2 aromatic carbocycles. The highest BCUT2D eigenvalue weighted by Gasteiger charge is 2.27. The molecular formula is C21H22N2O3. The second kappa shape index (κ2) is 7.87. The average molecular weight is 350 g/mol. The summed E-state index contributed by atoms with van der Waals surface area (Å²) in [6.45, 7) is 4.96. The van der Waals surface area contributed by atoms with Crippen molar-refractivity contribution >= 4 is 17.8 Å². The monoisotopic (exact) mass is 350 g/mol. The number of benzene rings is 2. The summed E-state index contributed by atoms with van der Waals surface area (Å²) >= 11 is 0.